The van der Waals surface area contributed by atoms with Crippen molar-refractivity contribution >= 4 is 68.5 Å². The molecule has 1 unspecified atom stereocenters. The second kappa shape index (κ2) is 11.3. The van der Waals surface area contributed by atoms with Crippen molar-refractivity contribution in [3.8, 4) is 0 Å². The monoisotopic (exact) mass is 635 g/mol. The number of alkyl halides is 3. The molecular weight excluding hydrogens is 614 g/mol. The van der Waals surface area contributed by atoms with E-state index in [1.54, 1.807) is 18.2 Å². The first kappa shape index (κ1) is 28.5. The van der Waals surface area contributed by atoms with Crippen LogP contribution in [0.4, 0.5) is 13.2 Å². The van der Waals surface area contributed by atoms with Crippen molar-refractivity contribution in [2.75, 3.05) is 0 Å². The van der Waals surface area contributed by atoms with Crippen LogP contribution in [0.25, 0.3) is 6.08 Å². The van der Waals surface area contributed by atoms with E-state index in [1.165, 1.54) is 6.08 Å². The Morgan fingerprint density at radius 2 is 1.70 bits per heavy atom. The summed E-state index contributed by atoms with van der Waals surface area (Å²) in [4.78, 5) is 25.8. The van der Waals surface area contributed by atoms with E-state index in [0.717, 1.165) is 43.9 Å². The number of hydrogen-bond donors (Lipinski definition) is 1. The molecule has 0 aromatic heterocycles. The van der Waals surface area contributed by atoms with E-state index in [4.69, 9.17) is 34.8 Å². The largest absolute Gasteiger partial charge is 0.399 e. The molecule has 0 saturated heterocycles. The SMILES string of the molecule is O=C(CC1(C(=O)NC2CCCC2)CC1)c1ccc(/C=C/C(c2cc(Cl)c(Cl)c(Cl)c2)C(F)(F)F)cc1Br. The Morgan fingerprint density at radius 1 is 1.08 bits per heavy atom. The number of halogens is 7. The maximum absolute atomic E-state index is 13.8. The molecule has 4 rings (SSSR count). The topological polar surface area (TPSA) is 46.2 Å². The Labute approximate surface area is 236 Å². The molecular formula is C27H24BrCl3F3NO2. The van der Waals surface area contributed by atoms with Crippen molar-refractivity contribution in [2.24, 2.45) is 5.41 Å². The van der Waals surface area contributed by atoms with Crippen molar-refractivity contribution in [1.29, 1.82) is 0 Å². The maximum Gasteiger partial charge on any atom is 0.399 e. The predicted molar refractivity (Wildman–Crippen MR) is 144 cm³/mol. The average Bonchev–Trinajstić information content (AvgIpc) is 3.41. The Hall–Kier alpha value is -1.54. The van der Waals surface area contributed by atoms with Crippen LogP contribution in [0.2, 0.25) is 15.1 Å². The third-order valence-corrected chi connectivity index (χ3v) is 8.87. The highest BCUT2D eigenvalue weighted by Gasteiger charge is 2.51. The number of rotatable bonds is 8. The van der Waals surface area contributed by atoms with Crippen LogP contribution in [0.5, 0.6) is 0 Å². The molecule has 2 aromatic rings. The molecule has 2 saturated carbocycles. The summed E-state index contributed by atoms with van der Waals surface area (Å²) < 4.78 is 41.9. The van der Waals surface area contributed by atoms with E-state index in [2.05, 4.69) is 21.2 Å². The number of nitrogens with one attached hydrogen (secondary N) is 1. The molecule has 10 heteroatoms. The third kappa shape index (κ3) is 6.73. The summed E-state index contributed by atoms with van der Waals surface area (Å²) in [6.45, 7) is 0. The lowest BCUT2D eigenvalue weighted by Gasteiger charge is -2.19. The van der Waals surface area contributed by atoms with Crippen molar-refractivity contribution in [3.63, 3.8) is 0 Å². The number of hydrogen-bond acceptors (Lipinski definition) is 2. The quantitative estimate of drug-likeness (QED) is 0.232. The van der Waals surface area contributed by atoms with Gasteiger partial charge in [-0.05, 0) is 61.1 Å². The van der Waals surface area contributed by atoms with Crippen LogP contribution in [0, 0.1) is 5.41 Å². The molecule has 0 radical (unpaired) electrons. The highest BCUT2D eigenvalue weighted by atomic mass is 79.9. The Morgan fingerprint density at radius 3 is 2.24 bits per heavy atom. The first-order chi connectivity index (χ1) is 17.4. The molecule has 2 aliphatic rings. The van der Waals surface area contributed by atoms with Gasteiger partial charge in [-0.2, -0.15) is 13.2 Å². The number of carbonyl (C=O) groups is 2. The zero-order chi connectivity index (χ0) is 27.0. The number of amides is 1. The second-order valence-corrected chi connectivity index (χ2v) is 11.8. The third-order valence-electron chi connectivity index (χ3n) is 7.02. The minimum atomic E-state index is -4.60. The summed E-state index contributed by atoms with van der Waals surface area (Å²) in [6.07, 6.45) is 3.35. The summed E-state index contributed by atoms with van der Waals surface area (Å²) >= 11 is 21.1. The summed E-state index contributed by atoms with van der Waals surface area (Å²) in [5.41, 5.74) is 0.0583. The van der Waals surface area contributed by atoms with Crippen molar-refractivity contribution < 1.29 is 22.8 Å². The number of ketones is 1. The molecule has 0 heterocycles. The van der Waals surface area contributed by atoms with Gasteiger partial charge in [-0.1, -0.05) is 81.8 Å². The minimum absolute atomic E-state index is 0.00910. The lowest BCUT2D eigenvalue weighted by molar-refractivity contribution is -0.139. The van der Waals surface area contributed by atoms with Gasteiger partial charge in [-0.25, -0.2) is 0 Å². The molecule has 2 aromatic carbocycles. The molecule has 3 nitrogen and oxygen atoms in total. The van der Waals surface area contributed by atoms with E-state index in [-0.39, 0.29) is 44.8 Å². The Balaban J connectivity index is 1.48. The van der Waals surface area contributed by atoms with Gasteiger partial charge < -0.3 is 5.32 Å². The van der Waals surface area contributed by atoms with Crippen LogP contribution < -0.4 is 5.32 Å². The minimum Gasteiger partial charge on any atom is -0.353 e. The molecule has 0 spiro atoms. The standard InChI is InChI=1S/C27H24BrCl3F3NO2/c28-20-11-15(6-8-19(27(32,33)34)16-12-21(29)24(31)22(30)13-16)5-7-18(20)23(36)14-26(9-10-26)25(37)35-17-3-1-2-4-17/h5-8,11-13,17,19H,1-4,9-10,14H2,(H,35,37)/b8-6+. The van der Waals surface area contributed by atoms with Crippen molar-refractivity contribution in [2.45, 2.75) is 63.1 Å². The fourth-order valence-electron chi connectivity index (χ4n) is 4.68. The summed E-state index contributed by atoms with van der Waals surface area (Å²) in [5, 5.41) is 2.95. The number of benzene rings is 2. The van der Waals surface area contributed by atoms with Gasteiger partial charge >= 0.3 is 6.18 Å². The molecule has 0 aliphatic heterocycles. The van der Waals surface area contributed by atoms with Crippen LogP contribution in [0.15, 0.2) is 40.9 Å². The first-order valence-electron chi connectivity index (χ1n) is 11.9. The lowest BCUT2D eigenvalue weighted by atomic mass is 9.93. The second-order valence-electron chi connectivity index (χ2n) is 9.75. The van der Waals surface area contributed by atoms with Crippen LogP contribution in [0.1, 0.15) is 72.3 Å². The van der Waals surface area contributed by atoms with Crippen molar-refractivity contribution in [1.82, 2.24) is 5.32 Å². The number of Topliss-reactive ketones (excluding diaryl/α,β-unsaturated/α-hetero) is 1. The van der Waals surface area contributed by atoms with Crippen LogP contribution in [0.3, 0.4) is 0 Å². The van der Waals surface area contributed by atoms with E-state index in [0.29, 0.717) is 28.4 Å². The molecule has 1 atom stereocenters. The van der Waals surface area contributed by atoms with Crippen LogP contribution >= 0.6 is 50.7 Å². The van der Waals surface area contributed by atoms with Crippen LogP contribution in [-0.4, -0.2) is 23.9 Å². The molecule has 2 fully saturated rings. The normalized spacial score (nSPS) is 18.2. The Kier molecular flexibility index (Phi) is 8.69. The summed E-state index contributed by atoms with van der Waals surface area (Å²) in [6, 6.07) is 7.20. The summed E-state index contributed by atoms with van der Waals surface area (Å²) in [5.74, 6) is -2.20. The van der Waals surface area contributed by atoms with Gasteiger partial charge in [-0.3, -0.25) is 9.59 Å². The van der Waals surface area contributed by atoms with Gasteiger partial charge in [0.2, 0.25) is 5.91 Å². The van der Waals surface area contributed by atoms with Gasteiger partial charge in [-0.15, -0.1) is 0 Å². The van der Waals surface area contributed by atoms with E-state index < -0.39 is 17.5 Å². The van der Waals surface area contributed by atoms with Crippen molar-refractivity contribution in [3.05, 3.63) is 72.6 Å². The number of allylic oxidation sites excluding steroid dienone is 1. The molecule has 2 aliphatic carbocycles. The average molecular weight is 638 g/mol. The zero-order valence-corrected chi connectivity index (χ0v) is 23.5. The fraction of sp³-hybridized carbons (Fsp3) is 0.407. The molecule has 1 N–H and O–H groups in total. The van der Waals surface area contributed by atoms with E-state index >= 15 is 0 Å². The maximum atomic E-state index is 13.8. The van der Waals surface area contributed by atoms with Gasteiger partial charge in [0.25, 0.3) is 0 Å². The number of carbonyl (C=O) groups excluding carboxylic acids is 2. The molecule has 37 heavy (non-hydrogen) atoms. The molecule has 0 bridgehead atoms. The lowest BCUT2D eigenvalue weighted by Crippen LogP contribution is -2.39. The molecule has 1 amide bonds. The van der Waals surface area contributed by atoms with E-state index in [9.17, 15) is 22.8 Å². The first-order valence-corrected chi connectivity index (χ1v) is 13.9. The van der Waals surface area contributed by atoms with Gasteiger partial charge in [0.05, 0.1) is 26.4 Å². The summed E-state index contributed by atoms with van der Waals surface area (Å²) in [7, 11) is 0. The van der Waals surface area contributed by atoms with Gasteiger partial charge in [0, 0.05) is 22.5 Å². The van der Waals surface area contributed by atoms with E-state index in [1.807, 2.05) is 0 Å². The smallest absolute Gasteiger partial charge is 0.353 e. The highest BCUT2D eigenvalue weighted by Crippen LogP contribution is 2.50. The fourth-order valence-corrected chi connectivity index (χ4v) is 5.91. The molecule has 198 valence electrons. The van der Waals surface area contributed by atoms with Crippen LogP contribution in [-0.2, 0) is 4.79 Å². The van der Waals surface area contributed by atoms with Gasteiger partial charge in [0.15, 0.2) is 5.78 Å². The zero-order valence-electron chi connectivity index (χ0n) is 19.6. The predicted octanol–water partition coefficient (Wildman–Crippen LogP) is 9.18. The Bertz CT molecular complexity index is 1210. The highest BCUT2D eigenvalue weighted by molar-refractivity contribution is 9.10. The van der Waals surface area contributed by atoms with Gasteiger partial charge in [0.1, 0.15) is 0 Å².